The third kappa shape index (κ3) is 5.20. The van der Waals surface area contributed by atoms with Crippen LogP contribution in [0.15, 0.2) is 84.0 Å². The molecule has 5 heteroatoms. The smallest absolute Gasteiger partial charge is 0.142 e. The van der Waals surface area contributed by atoms with E-state index in [1.54, 1.807) is 14.2 Å². The van der Waals surface area contributed by atoms with Gasteiger partial charge in [0.1, 0.15) is 18.1 Å². The fourth-order valence-corrected chi connectivity index (χ4v) is 4.65. The molecule has 3 aromatic rings. The maximum Gasteiger partial charge on any atom is 0.142 e. The summed E-state index contributed by atoms with van der Waals surface area (Å²) < 4.78 is 10.7. The number of hydrogen-bond acceptors (Lipinski definition) is 5. The number of rotatable bonds is 7. The molecular weight excluding hydrogens is 412 g/mol. The van der Waals surface area contributed by atoms with E-state index in [0.717, 1.165) is 29.2 Å². The van der Waals surface area contributed by atoms with Gasteiger partial charge in [0.25, 0.3) is 0 Å². The maximum absolute atomic E-state index is 5.84. The highest BCUT2D eigenvalue weighted by Crippen LogP contribution is 2.43. The largest absolute Gasteiger partial charge is 0.497 e. The monoisotopic (exact) mass is 444 g/mol. The summed E-state index contributed by atoms with van der Waals surface area (Å²) in [4.78, 5) is 8.28. The average Bonchev–Trinajstić information content (AvgIpc) is 2.86. The van der Waals surface area contributed by atoms with E-state index in [1.807, 2.05) is 42.5 Å². The number of benzene rings is 3. The summed E-state index contributed by atoms with van der Waals surface area (Å²) in [6, 6.07) is 27.2. The van der Waals surface area contributed by atoms with Crippen molar-refractivity contribution in [2.75, 3.05) is 21.3 Å². The van der Waals surface area contributed by atoms with Crippen molar-refractivity contribution < 1.29 is 14.3 Å². The molecule has 3 atom stereocenters. The quantitative estimate of drug-likeness (QED) is 0.417. The summed E-state index contributed by atoms with van der Waals surface area (Å²) in [6.07, 6.45) is 0.811. The van der Waals surface area contributed by atoms with Crippen LogP contribution in [0.2, 0.25) is 0 Å². The standard InChI is InChI=1S/C28H32N2O3/c1-20-26(29-33-19-21-8-6-5-7-9-21)18-27(22-10-14-24(31-3)15-11-22)30(2)28(20)23-12-16-25(32-4)17-13-23/h5-17,20,27-28H,18-19H2,1-4H3/b29-26+. The molecule has 0 N–H and O–H groups in total. The van der Waals surface area contributed by atoms with Crippen LogP contribution in [0.4, 0.5) is 0 Å². The second-order valence-corrected chi connectivity index (χ2v) is 8.51. The molecule has 1 aliphatic heterocycles. The topological polar surface area (TPSA) is 43.3 Å². The number of ether oxygens (including phenoxy) is 2. The van der Waals surface area contributed by atoms with Gasteiger partial charge >= 0.3 is 0 Å². The molecule has 4 rings (SSSR count). The first kappa shape index (κ1) is 22.9. The molecule has 0 bridgehead atoms. The molecular formula is C28H32N2O3. The van der Waals surface area contributed by atoms with Crippen molar-refractivity contribution in [2.24, 2.45) is 11.1 Å². The molecule has 3 unspecified atom stereocenters. The van der Waals surface area contributed by atoms with E-state index in [-0.39, 0.29) is 18.0 Å². The number of piperidine rings is 1. The zero-order chi connectivity index (χ0) is 23.2. The molecule has 1 heterocycles. The second-order valence-electron chi connectivity index (χ2n) is 8.51. The summed E-state index contributed by atoms with van der Waals surface area (Å²) >= 11 is 0. The first-order valence-electron chi connectivity index (χ1n) is 11.3. The molecule has 0 aliphatic carbocycles. The Morgan fingerprint density at radius 3 is 1.97 bits per heavy atom. The molecule has 1 aliphatic rings. The van der Waals surface area contributed by atoms with Crippen LogP contribution in [0.1, 0.15) is 42.1 Å². The van der Waals surface area contributed by atoms with Gasteiger partial charge in [-0.3, -0.25) is 4.90 Å². The fourth-order valence-electron chi connectivity index (χ4n) is 4.65. The van der Waals surface area contributed by atoms with Crippen LogP contribution in [0, 0.1) is 5.92 Å². The van der Waals surface area contributed by atoms with Gasteiger partial charge in [-0.2, -0.15) is 0 Å². The van der Waals surface area contributed by atoms with Crippen molar-refractivity contribution in [1.82, 2.24) is 4.90 Å². The summed E-state index contributed by atoms with van der Waals surface area (Å²) in [5.41, 5.74) is 4.66. The highest BCUT2D eigenvalue weighted by Gasteiger charge is 2.38. The van der Waals surface area contributed by atoms with Crippen LogP contribution < -0.4 is 9.47 Å². The molecule has 3 aromatic carbocycles. The summed E-state index contributed by atoms with van der Waals surface area (Å²) in [5, 5.41) is 4.65. The first-order valence-corrected chi connectivity index (χ1v) is 11.3. The highest BCUT2D eigenvalue weighted by molar-refractivity contribution is 5.88. The zero-order valence-electron chi connectivity index (χ0n) is 19.8. The lowest BCUT2D eigenvalue weighted by molar-refractivity contribution is 0.105. The minimum atomic E-state index is 0.163. The van der Waals surface area contributed by atoms with Crippen LogP contribution in [-0.2, 0) is 11.4 Å². The molecule has 0 saturated carbocycles. The highest BCUT2D eigenvalue weighted by atomic mass is 16.6. The Morgan fingerprint density at radius 2 is 1.39 bits per heavy atom. The molecule has 5 nitrogen and oxygen atoms in total. The minimum Gasteiger partial charge on any atom is -0.497 e. The van der Waals surface area contributed by atoms with Gasteiger partial charge in [0.2, 0.25) is 0 Å². The van der Waals surface area contributed by atoms with E-state index in [4.69, 9.17) is 14.3 Å². The van der Waals surface area contributed by atoms with E-state index in [2.05, 4.69) is 60.4 Å². The Hall–Kier alpha value is -3.31. The summed E-state index contributed by atoms with van der Waals surface area (Å²) in [6.45, 7) is 2.70. The van der Waals surface area contributed by atoms with Gasteiger partial charge in [0.05, 0.1) is 19.9 Å². The Labute approximate surface area is 196 Å². The van der Waals surface area contributed by atoms with E-state index < -0.39 is 0 Å². The van der Waals surface area contributed by atoms with E-state index in [9.17, 15) is 0 Å². The number of likely N-dealkylation sites (tertiary alicyclic amines) is 1. The van der Waals surface area contributed by atoms with E-state index in [1.165, 1.54) is 11.1 Å². The number of oxime groups is 1. The predicted octanol–water partition coefficient (Wildman–Crippen LogP) is 6.03. The van der Waals surface area contributed by atoms with Gasteiger partial charge in [-0.1, -0.05) is 66.7 Å². The van der Waals surface area contributed by atoms with Gasteiger partial charge < -0.3 is 14.3 Å². The first-order chi connectivity index (χ1) is 16.1. The Balaban J connectivity index is 1.64. The van der Waals surface area contributed by atoms with Crippen molar-refractivity contribution in [3.63, 3.8) is 0 Å². The van der Waals surface area contributed by atoms with Crippen molar-refractivity contribution in [1.29, 1.82) is 0 Å². The van der Waals surface area contributed by atoms with Crippen LogP contribution >= 0.6 is 0 Å². The van der Waals surface area contributed by atoms with Crippen LogP contribution in [-0.4, -0.2) is 31.9 Å². The van der Waals surface area contributed by atoms with E-state index >= 15 is 0 Å². The van der Waals surface area contributed by atoms with Crippen molar-refractivity contribution in [2.45, 2.75) is 32.0 Å². The Kier molecular flexibility index (Phi) is 7.30. The van der Waals surface area contributed by atoms with Crippen LogP contribution in [0.5, 0.6) is 11.5 Å². The number of hydrogen-bond donors (Lipinski definition) is 0. The summed E-state index contributed by atoms with van der Waals surface area (Å²) in [7, 11) is 5.58. The van der Waals surface area contributed by atoms with Crippen molar-refractivity contribution >= 4 is 5.71 Å². The van der Waals surface area contributed by atoms with Crippen molar-refractivity contribution in [3.8, 4) is 11.5 Å². The zero-order valence-corrected chi connectivity index (χ0v) is 19.8. The lowest BCUT2D eigenvalue weighted by Gasteiger charge is -2.44. The molecule has 172 valence electrons. The molecule has 1 fully saturated rings. The normalized spacial score (nSPS) is 22.2. The lowest BCUT2D eigenvalue weighted by atomic mass is 9.80. The van der Waals surface area contributed by atoms with E-state index in [0.29, 0.717) is 6.61 Å². The van der Waals surface area contributed by atoms with Gasteiger partial charge in [-0.15, -0.1) is 0 Å². The Bertz CT molecular complexity index is 1050. The van der Waals surface area contributed by atoms with Gasteiger partial charge in [-0.05, 0) is 48.0 Å². The SMILES string of the molecule is COc1ccc(C2C/C(=N\OCc3ccccc3)C(C)C(c3ccc(OC)cc3)N2C)cc1. The van der Waals surface area contributed by atoms with Gasteiger partial charge in [0, 0.05) is 24.4 Å². The second kappa shape index (κ2) is 10.5. The molecule has 0 aromatic heterocycles. The van der Waals surface area contributed by atoms with Crippen LogP contribution in [0.25, 0.3) is 0 Å². The van der Waals surface area contributed by atoms with Crippen LogP contribution in [0.3, 0.4) is 0 Å². The predicted molar refractivity (Wildman–Crippen MR) is 132 cm³/mol. The van der Waals surface area contributed by atoms with Crippen molar-refractivity contribution in [3.05, 3.63) is 95.6 Å². The minimum absolute atomic E-state index is 0.163. The lowest BCUT2D eigenvalue weighted by Crippen LogP contribution is -2.42. The molecule has 0 amide bonds. The summed E-state index contributed by atoms with van der Waals surface area (Å²) in [5.74, 6) is 1.92. The third-order valence-corrected chi connectivity index (χ3v) is 6.55. The fraction of sp³-hybridized carbons (Fsp3) is 0.321. The number of nitrogens with zero attached hydrogens (tertiary/aromatic N) is 2. The number of methoxy groups -OCH3 is 2. The third-order valence-electron chi connectivity index (χ3n) is 6.55. The van der Waals surface area contributed by atoms with Gasteiger partial charge in [0.15, 0.2) is 0 Å². The molecule has 1 saturated heterocycles. The van der Waals surface area contributed by atoms with Gasteiger partial charge in [-0.25, -0.2) is 0 Å². The maximum atomic E-state index is 5.84. The molecule has 0 spiro atoms. The Morgan fingerprint density at radius 1 is 0.818 bits per heavy atom. The molecule has 33 heavy (non-hydrogen) atoms. The average molecular weight is 445 g/mol. The molecule has 0 radical (unpaired) electrons.